The Kier molecular flexibility index (Phi) is 4.70. The monoisotopic (exact) mass is 288 g/mol. The lowest BCUT2D eigenvalue weighted by Gasteiger charge is -2.09. The third kappa shape index (κ3) is 3.81. The molecule has 0 amide bonds. The molecule has 0 heterocycles. The number of ether oxygens (including phenoxy) is 1. The summed E-state index contributed by atoms with van der Waals surface area (Å²) in [6.45, 7) is 0.620. The number of phenolic OH excluding ortho intramolecular Hbond substituents is 1. The average molecular weight is 289 g/mol. The number of anilines is 1. The first kappa shape index (κ1) is 14.0. The van der Waals surface area contributed by atoms with Crippen molar-refractivity contribution in [2.24, 2.45) is 0 Å². The van der Waals surface area contributed by atoms with Crippen LogP contribution in [0.25, 0.3) is 0 Å². The van der Waals surface area contributed by atoms with E-state index in [-0.39, 0.29) is 12.4 Å². The fourth-order valence-corrected chi connectivity index (χ4v) is 1.86. The molecular formula is C15H13ClN2O2. The van der Waals surface area contributed by atoms with Gasteiger partial charge in [0.2, 0.25) is 0 Å². The normalized spacial score (nSPS) is 9.80. The lowest BCUT2D eigenvalue weighted by Crippen LogP contribution is -2.00. The van der Waals surface area contributed by atoms with E-state index in [2.05, 4.69) is 5.32 Å². The van der Waals surface area contributed by atoms with E-state index in [0.29, 0.717) is 17.3 Å². The maximum atomic E-state index is 9.35. The molecule has 0 aliphatic heterocycles. The Hall–Kier alpha value is -2.38. The summed E-state index contributed by atoms with van der Waals surface area (Å²) in [5.74, 6) is 0.721. The van der Waals surface area contributed by atoms with Crippen LogP contribution in [0.5, 0.6) is 11.5 Å². The van der Waals surface area contributed by atoms with Gasteiger partial charge in [0.05, 0.1) is 5.02 Å². The van der Waals surface area contributed by atoms with E-state index in [1.165, 1.54) is 6.07 Å². The van der Waals surface area contributed by atoms with E-state index in [1.54, 1.807) is 18.2 Å². The Morgan fingerprint density at radius 1 is 1.25 bits per heavy atom. The lowest BCUT2D eigenvalue weighted by atomic mass is 10.2. The molecule has 20 heavy (non-hydrogen) atoms. The van der Waals surface area contributed by atoms with Crippen LogP contribution >= 0.6 is 11.6 Å². The molecule has 2 rings (SSSR count). The first-order valence-electron chi connectivity index (χ1n) is 6.00. The predicted molar refractivity (Wildman–Crippen MR) is 78.0 cm³/mol. The second-order valence-electron chi connectivity index (χ2n) is 4.11. The van der Waals surface area contributed by atoms with Gasteiger partial charge in [-0.2, -0.15) is 5.26 Å². The van der Waals surface area contributed by atoms with Gasteiger partial charge in [-0.25, -0.2) is 0 Å². The van der Waals surface area contributed by atoms with E-state index in [9.17, 15) is 5.11 Å². The molecule has 5 heteroatoms. The molecule has 0 fully saturated rings. The highest BCUT2D eigenvalue weighted by atomic mass is 35.5. The molecule has 0 bridgehead atoms. The van der Waals surface area contributed by atoms with Gasteiger partial charge in [-0.3, -0.25) is 0 Å². The number of nitrogens with one attached hydrogen (secondary N) is 1. The zero-order valence-electron chi connectivity index (χ0n) is 10.6. The Bertz CT molecular complexity index is 638. The topological polar surface area (TPSA) is 65.3 Å². The Labute approximate surface area is 122 Å². The number of nitriles is 1. The van der Waals surface area contributed by atoms with E-state index in [4.69, 9.17) is 21.6 Å². The minimum Gasteiger partial charge on any atom is -0.506 e. The fourth-order valence-electron chi connectivity index (χ4n) is 1.68. The molecule has 0 radical (unpaired) electrons. The number of aromatic hydroxyl groups is 1. The number of rotatable bonds is 5. The van der Waals surface area contributed by atoms with Crippen LogP contribution < -0.4 is 10.1 Å². The van der Waals surface area contributed by atoms with Crippen LogP contribution in [0.1, 0.15) is 5.56 Å². The van der Waals surface area contributed by atoms with Crippen LogP contribution in [-0.4, -0.2) is 11.7 Å². The van der Waals surface area contributed by atoms with Gasteiger partial charge in [-0.15, -0.1) is 0 Å². The third-order valence-corrected chi connectivity index (χ3v) is 2.95. The minimum atomic E-state index is 0.0322. The highest BCUT2D eigenvalue weighted by Crippen LogP contribution is 2.26. The summed E-state index contributed by atoms with van der Waals surface area (Å²) in [7, 11) is 0. The Morgan fingerprint density at radius 3 is 2.85 bits per heavy atom. The maximum Gasteiger partial charge on any atom is 0.174 e. The number of benzene rings is 2. The summed E-state index contributed by atoms with van der Waals surface area (Å²) < 4.78 is 5.24. The van der Waals surface area contributed by atoms with Crippen molar-refractivity contribution in [2.75, 3.05) is 11.9 Å². The molecule has 0 aliphatic rings. The van der Waals surface area contributed by atoms with Gasteiger partial charge in [-0.05, 0) is 35.9 Å². The Morgan fingerprint density at radius 2 is 2.10 bits per heavy atom. The van der Waals surface area contributed by atoms with Crippen LogP contribution in [0.15, 0.2) is 42.5 Å². The van der Waals surface area contributed by atoms with Crippen molar-refractivity contribution < 1.29 is 9.84 Å². The van der Waals surface area contributed by atoms with Crippen molar-refractivity contribution in [2.45, 2.75) is 6.54 Å². The van der Waals surface area contributed by atoms with Gasteiger partial charge >= 0.3 is 0 Å². The van der Waals surface area contributed by atoms with Crippen LogP contribution in [0.2, 0.25) is 5.02 Å². The standard InChI is InChI=1S/C15H13ClN2O2/c16-14-9-12(4-5-15(14)19)18-10-11-2-1-3-13(8-11)20-7-6-17/h1-5,8-9,18-19H,7,10H2. The van der Waals surface area contributed by atoms with Crippen LogP contribution in [-0.2, 0) is 6.54 Å². The summed E-state index contributed by atoms with van der Waals surface area (Å²) in [4.78, 5) is 0. The van der Waals surface area contributed by atoms with Crippen molar-refractivity contribution >= 4 is 17.3 Å². The molecule has 0 spiro atoms. The zero-order chi connectivity index (χ0) is 14.4. The third-order valence-electron chi connectivity index (χ3n) is 2.65. The molecule has 0 aromatic heterocycles. The number of halogens is 1. The zero-order valence-corrected chi connectivity index (χ0v) is 11.4. The van der Waals surface area contributed by atoms with E-state index in [0.717, 1.165) is 11.3 Å². The number of hydrogen-bond donors (Lipinski definition) is 2. The number of nitrogens with zero attached hydrogens (tertiary/aromatic N) is 1. The second-order valence-corrected chi connectivity index (χ2v) is 4.52. The Balaban J connectivity index is 1.99. The van der Waals surface area contributed by atoms with E-state index < -0.39 is 0 Å². The summed E-state index contributed by atoms with van der Waals surface area (Å²) in [6.07, 6.45) is 0. The van der Waals surface area contributed by atoms with Crippen molar-refractivity contribution in [3.8, 4) is 17.6 Å². The van der Waals surface area contributed by atoms with E-state index in [1.807, 2.05) is 24.3 Å². The van der Waals surface area contributed by atoms with Gasteiger partial charge in [-0.1, -0.05) is 23.7 Å². The average Bonchev–Trinajstić information content (AvgIpc) is 2.47. The maximum absolute atomic E-state index is 9.35. The minimum absolute atomic E-state index is 0.0322. The fraction of sp³-hybridized carbons (Fsp3) is 0.133. The molecule has 2 N–H and O–H groups in total. The van der Waals surface area contributed by atoms with Gasteiger partial charge in [0.25, 0.3) is 0 Å². The molecule has 0 atom stereocenters. The molecule has 2 aromatic rings. The summed E-state index contributed by atoms with van der Waals surface area (Å²) >= 11 is 5.84. The SMILES string of the molecule is N#CCOc1cccc(CNc2ccc(O)c(Cl)c2)c1. The summed E-state index contributed by atoms with van der Waals surface area (Å²) in [6, 6.07) is 14.4. The van der Waals surface area contributed by atoms with Crippen LogP contribution in [0.4, 0.5) is 5.69 Å². The number of hydrogen-bond acceptors (Lipinski definition) is 4. The second kappa shape index (κ2) is 6.69. The highest BCUT2D eigenvalue weighted by molar-refractivity contribution is 6.32. The first-order chi connectivity index (χ1) is 9.69. The van der Waals surface area contributed by atoms with E-state index >= 15 is 0 Å². The molecule has 0 saturated heterocycles. The van der Waals surface area contributed by atoms with Crippen molar-refractivity contribution in [1.29, 1.82) is 5.26 Å². The molecule has 0 saturated carbocycles. The molecule has 4 nitrogen and oxygen atoms in total. The largest absolute Gasteiger partial charge is 0.506 e. The van der Waals surface area contributed by atoms with Gasteiger partial charge in [0.15, 0.2) is 6.61 Å². The molecule has 0 aliphatic carbocycles. The van der Waals surface area contributed by atoms with Crippen LogP contribution in [0, 0.1) is 11.3 Å². The molecular weight excluding hydrogens is 276 g/mol. The van der Waals surface area contributed by atoms with Crippen molar-refractivity contribution in [1.82, 2.24) is 0 Å². The van der Waals surface area contributed by atoms with Crippen LogP contribution in [0.3, 0.4) is 0 Å². The summed E-state index contributed by atoms with van der Waals surface area (Å²) in [5.41, 5.74) is 1.83. The van der Waals surface area contributed by atoms with Gasteiger partial charge < -0.3 is 15.2 Å². The first-order valence-corrected chi connectivity index (χ1v) is 6.38. The smallest absolute Gasteiger partial charge is 0.174 e. The van der Waals surface area contributed by atoms with Gasteiger partial charge in [0.1, 0.15) is 17.6 Å². The molecule has 2 aromatic carbocycles. The molecule has 0 unspecified atom stereocenters. The van der Waals surface area contributed by atoms with Crippen molar-refractivity contribution in [3.63, 3.8) is 0 Å². The lowest BCUT2D eigenvalue weighted by molar-refractivity contribution is 0.368. The highest BCUT2D eigenvalue weighted by Gasteiger charge is 2.01. The predicted octanol–water partition coefficient (Wildman–Crippen LogP) is 3.56. The van der Waals surface area contributed by atoms with Crippen molar-refractivity contribution in [3.05, 3.63) is 53.1 Å². The quantitative estimate of drug-likeness (QED) is 0.826. The summed E-state index contributed by atoms with van der Waals surface area (Å²) in [5, 5.41) is 21.3. The number of phenols is 1. The van der Waals surface area contributed by atoms with Gasteiger partial charge in [0, 0.05) is 12.2 Å². The molecule has 102 valence electrons.